The van der Waals surface area contributed by atoms with E-state index in [4.69, 9.17) is 4.55 Å². The van der Waals surface area contributed by atoms with Crippen molar-refractivity contribution in [2.24, 2.45) is 0 Å². The van der Waals surface area contributed by atoms with E-state index in [1.807, 2.05) is 0 Å². The van der Waals surface area contributed by atoms with Gasteiger partial charge in [-0.25, -0.2) is 0 Å². The first-order valence-electron chi connectivity index (χ1n) is 5.22. The maximum atomic E-state index is 10.3. The van der Waals surface area contributed by atoms with Crippen LogP contribution in [0.4, 0.5) is 0 Å². The molecule has 0 heterocycles. The molecule has 0 saturated carbocycles. The summed E-state index contributed by atoms with van der Waals surface area (Å²) >= 11 is 0. The lowest BCUT2D eigenvalue weighted by molar-refractivity contribution is 0.480. The molecular formula is C9H21NO3S. The second-order valence-corrected chi connectivity index (χ2v) is 5.02. The van der Waals surface area contributed by atoms with Crippen molar-refractivity contribution in [3.8, 4) is 0 Å². The zero-order chi connectivity index (χ0) is 10.9. The van der Waals surface area contributed by atoms with Crippen LogP contribution >= 0.6 is 0 Å². The molecule has 0 aromatic carbocycles. The highest BCUT2D eigenvalue weighted by molar-refractivity contribution is 7.85. The van der Waals surface area contributed by atoms with Crippen molar-refractivity contribution < 1.29 is 13.0 Å². The summed E-state index contributed by atoms with van der Waals surface area (Å²) in [5.74, 6) is -0.193. The first kappa shape index (κ1) is 13.9. The summed E-state index contributed by atoms with van der Waals surface area (Å²) in [4.78, 5) is 0. The molecule has 5 heteroatoms. The fraction of sp³-hybridized carbons (Fsp3) is 1.00. The maximum absolute atomic E-state index is 10.3. The fourth-order valence-electron chi connectivity index (χ4n) is 1.18. The Morgan fingerprint density at radius 1 is 1.07 bits per heavy atom. The maximum Gasteiger partial charge on any atom is 0.266 e. The van der Waals surface area contributed by atoms with Crippen LogP contribution in [0.2, 0.25) is 0 Å². The van der Waals surface area contributed by atoms with Gasteiger partial charge >= 0.3 is 0 Å². The smallest absolute Gasteiger partial charge is 0.266 e. The van der Waals surface area contributed by atoms with E-state index < -0.39 is 10.1 Å². The normalized spacial score (nSPS) is 11.9. The standard InChI is InChI=1S/C9H21NO3S/c1-2-3-4-5-6-7-10-8-9-14(11,12)13/h10H,2-9H2,1H3,(H,11,12,13). The van der Waals surface area contributed by atoms with Gasteiger partial charge in [0.25, 0.3) is 10.1 Å². The Morgan fingerprint density at radius 3 is 2.29 bits per heavy atom. The Morgan fingerprint density at radius 2 is 1.71 bits per heavy atom. The predicted molar refractivity (Wildman–Crippen MR) is 58.0 cm³/mol. The molecule has 0 bridgehead atoms. The van der Waals surface area contributed by atoms with E-state index in [0.29, 0.717) is 6.54 Å². The van der Waals surface area contributed by atoms with Crippen LogP contribution in [0.5, 0.6) is 0 Å². The lowest BCUT2D eigenvalue weighted by Crippen LogP contribution is -2.23. The van der Waals surface area contributed by atoms with Gasteiger partial charge < -0.3 is 5.32 Å². The molecule has 0 radical (unpaired) electrons. The van der Waals surface area contributed by atoms with Crippen molar-refractivity contribution in [2.45, 2.75) is 39.0 Å². The lowest BCUT2D eigenvalue weighted by Gasteiger charge is -2.02. The Hall–Kier alpha value is -0.130. The zero-order valence-electron chi connectivity index (χ0n) is 8.83. The Balaban J connectivity index is 3.07. The second-order valence-electron chi connectivity index (χ2n) is 3.45. The molecule has 0 aromatic rings. The van der Waals surface area contributed by atoms with Gasteiger partial charge in [0.15, 0.2) is 0 Å². The molecule has 0 aliphatic heterocycles. The largest absolute Gasteiger partial charge is 0.316 e. The van der Waals surface area contributed by atoms with Gasteiger partial charge in [0, 0.05) is 6.54 Å². The minimum atomic E-state index is -3.79. The van der Waals surface area contributed by atoms with Crippen LogP contribution in [0.1, 0.15) is 39.0 Å². The van der Waals surface area contributed by atoms with Gasteiger partial charge in [0.05, 0.1) is 5.75 Å². The number of rotatable bonds is 9. The van der Waals surface area contributed by atoms with Crippen LogP contribution in [0.25, 0.3) is 0 Å². The molecular weight excluding hydrogens is 202 g/mol. The van der Waals surface area contributed by atoms with E-state index in [-0.39, 0.29) is 5.75 Å². The van der Waals surface area contributed by atoms with Crippen LogP contribution in [0, 0.1) is 0 Å². The van der Waals surface area contributed by atoms with Gasteiger partial charge in [-0.2, -0.15) is 8.42 Å². The van der Waals surface area contributed by atoms with E-state index in [1.165, 1.54) is 25.7 Å². The molecule has 0 saturated heterocycles. The molecule has 0 spiro atoms. The molecule has 14 heavy (non-hydrogen) atoms. The van der Waals surface area contributed by atoms with Crippen LogP contribution in [0.3, 0.4) is 0 Å². The van der Waals surface area contributed by atoms with E-state index in [1.54, 1.807) is 0 Å². The highest BCUT2D eigenvalue weighted by Gasteiger charge is 2.01. The molecule has 0 aliphatic rings. The van der Waals surface area contributed by atoms with Gasteiger partial charge in [-0.05, 0) is 13.0 Å². The summed E-state index contributed by atoms with van der Waals surface area (Å²) in [6.45, 7) is 3.34. The minimum absolute atomic E-state index is 0.193. The van der Waals surface area contributed by atoms with Crippen molar-refractivity contribution in [2.75, 3.05) is 18.8 Å². The molecule has 0 fully saturated rings. The molecule has 0 unspecified atom stereocenters. The third-order valence-corrected chi connectivity index (χ3v) is 2.71. The molecule has 0 rings (SSSR count). The molecule has 0 aliphatic carbocycles. The van der Waals surface area contributed by atoms with Crippen LogP contribution in [-0.2, 0) is 10.1 Å². The summed E-state index contributed by atoms with van der Waals surface area (Å²) in [6.07, 6.45) is 6.01. The van der Waals surface area contributed by atoms with Gasteiger partial charge in [-0.1, -0.05) is 32.6 Å². The van der Waals surface area contributed by atoms with Crippen molar-refractivity contribution >= 4 is 10.1 Å². The summed E-state index contributed by atoms with van der Waals surface area (Å²) in [5, 5.41) is 2.98. The number of hydrogen-bond acceptors (Lipinski definition) is 3. The Bertz CT molecular complexity index is 214. The van der Waals surface area contributed by atoms with Crippen molar-refractivity contribution in [1.82, 2.24) is 5.32 Å². The molecule has 86 valence electrons. The Kier molecular flexibility index (Phi) is 8.12. The fourth-order valence-corrected chi connectivity index (χ4v) is 1.58. The van der Waals surface area contributed by atoms with E-state index in [9.17, 15) is 8.42 Å². The van der Waals surface area contributed by atoms with Crippen molar-refractivity contribution in [1.29, 1.82) is 0 Å². The van der Waals surface area contributed by atoms with Gasteiger partial charge in [-0.3, -0.25) is 4.55 Å². The number of hydrogen-bond donors (Lipinski definition) is 2. The van der Waals surface area contributed by atoms with Crippen molar-refractivity contribution in [3.63, 3.8) is 0 Å². The summed E-state index contributed by atoms with van der Waals surface area (Å²) in [5.41, 5.74) is 0. The lowest BCUT2D eigenvalue weighted by atomic mass is 10.1. The monoisotopic (exact) mass is 223 g/mol. The topological polar surface area (TPSA) is 66.4 Å². The SMILES string of the molecule is CCCCCCCNCCS(=O)(=O)O. The molecule has 0 atom stereocenters. The van der Waals surface area contributed by atoms with Crippen LogP contribution < -0.4 is 5.32 Å². The zero-order valence-corrected chi connectivity index (χ0v) is 9.65. The third-order valence-electron chi connectivity index (χ3n) is 1.99. The highest BCUT2D eigenvalue weighted by atomic mass is 32.2. The molecule has 2 N–H and O–H groups in total. The highest BCUT2D eigenvalue weighted by Crippen LogP contribution is 2.00. The average Bonchev–Trinajstić information content (AvgIpc) is 2.08. The van der Waals surface area contributed by atoms with Gasteiger partial charge in [-0.15, -0.1) is 0 Å². The van der Waals surface area contributed by atoms with Gasteiger partial charge in [0.1, 0.15) is 0 Å². The Labute approximate surface area is 86.8 Å². The number of nitrogens with one attached hydrogen (secondary N) is 1. The number of unbranched alkanes of at least 4 members (excludes halogenated alkanes) is 4. The minimum Gasteiger partial charge on any atom is -0.316 e. The van der Waals surface area contributed by atoms with Crippen LogP contribution in [-0.4, -0.2) is 31.8 Å². The predicted octanol–water partition coefficient (Wildman–Crippen LogP) is 1.43. The van der Waals surface area contributed by atoms with Crippen LogP contribution in [0.15, 0.2) is 0 Å². The van der Waals surface area contributed by atoms with E-state index in [2.05, 4.69) is 12.2 Å². The molecule has 0 aromatic heterocycles. The molecule has 4 nitrogen and oxygen atoms in total. The summed E-state index contributed by atoms with van der Waals surface area (Å²) in [7, 11) is -3.79. The quantitative estimate of drug-likeness (QED) is 0.458. The first-order chi connectivity index (χ1) is 6.56. The van der Waals surface area contributed by atoms with E-state index in [0.717, 1.165) is 13.0 Å². The average molecular weight is 223 g/mol. The third kappa shape index (κ3) is 11.9. The summed E-state index contributed by atoms with van der Waals surface area (Å²) < 4.78 is 29.1. The first-order valence-corrected chi connectivity index (χ1v) is 6.83. The van der Waals surface area contributed by atoms with Gasteiger partial charge in [0.2, 0.25) is 0 Å². The second kappa shape index (κ2) is 8.20. The summed E-state index contributed by atoms with van der Waals surface area (Å²) in [6, 6.07) is 0. The van der Waals surface area contributed by atoms with E-state index >= 15 is 0 Å². The molecule has 0 amide bonds. The van der Waals surface area contributed by atoms with Crippen molar-refractivity contribution in [3.05, 3.63) is 0 Å².